The Bertz CT molecular complexity index is 183. The predicted molar refractivity (Wildman–Crippen MR) is 77.0 cm³/mol. The van der Waals surface area contributed by atoms with Gasteiger partial charge in [0.1, 0.15) is 0 Å². The van der Waals surface area contributed by atoms with Crippen molar-refractivity contribution in [3.63, 3.8) is 0 Å². The van der Waals surface area contributed by atoms with E-state index in [4.69, 9.17) is 11.6 Å². The van der Waals surface area contributed by atoms with Crippen molar-refractivity contribution in [2.24, 2.45) is 0 Å². The van der Waals surface area contributed by atoms with Crippen LogP contribution in [0, 0.1) is 0 Å². The molecule has 0 N–H and O–H groups in total. The lowest BCUT2D eigenvalue weighted by atomic mass is 10.2. The highest BCUT2D eigenvalue weighted by Gasteiger charge is 2.25. The maximum atomic E-state index is 5.68. The van der Waals surface area contributed by atoms with Crippen molar-refractivity contribution in [3.05, 3.63) is 0 Å². The van der Waals surface area contributed by atoms with Crippen LogP contribution < -0.4 is 0 Å². The van der Waals surface area contributed by atoms with E-state index in [2.05, 4.69) is 23.6 Å². The van der Waals surface area contributed by atoms with Gasteiger partial charge in [-0.1, -0.05) is 26.7 Å². The van der Waals surface area contributed by atoms with Crippen LogP contribution in [0.5, 0.6) is 0 Å². The lowest BCUT2D eigenvalue weighted by molar-refractivity contribution is 0.210. The first kappa shape index (κ1) is 15.3. The summed E-state index contributed by atoms with van der Waals surface area (Å²) in [6, 6.07) is 0.813. The molecule has 1 unspecified atom stereocenters. The molecule has 0 radical (unpaired) electrons. The van der Waals surface area contributed by atoms with E-state index in [1.54, 1.807) is 0 Å². The Hall–Kier alpha value is 0.210. The summed E-state index contributed by atoms with van der Waals surface area (Å²) in [7, 11) is 0. The number of hydrogen-bond donors (Lipinski definition) is 0. The summed E-state index contributed by atoms with van der Waals surface area (Å²) in [5.41, 5.74) is 0. The zero-order valence-electron chi connectivity index (χ0n) is 11.6. The van der Waals surface area contributed by atoms with E-state index in [0.29, 0.717) is 0 Å². The van der Waals surface area contributed by atoms with Gasteiger partial charge in [0.25, 0.3) is 0 Å². The smallest absolute Gasteiger partial charge is 0.0235 e. The molecule has 0 aliphatic carbocycles. The number of hydrogen-bond acceptors (Lipinski definition) is 2. The fourth-order valence-electron chi connectivity index (χ4n) is 2.84. The largest absolute Gasteiger partial charge is 0.302 e. The van der Waals surface area contributed by atoms with Gasteiger partial charge in [-0.2, -0.15) is 0 Å². The average molecular weight is 261 g/mol. The molecule has 3 heteroatoms. The molecule has 0 aromatic carbocycles. The Morgan fingerprint density at radius 1 is 1.12 bits per heavy atom. The molecular formula is C14H29ClN2. The molecule has 1 heterocycles. The van der Waals surface area contributed by atoms with Gasteiger partial charge in [-0.15, -0.1) is 11.6 Å². The molecule has 102 valence electrons. The highest BCUT2D eigenvalue weighted by atomic mass is 35.5. The second-order valence-electron chi connectivity index (χ2n) is 5.07. The first-order valence-corrected chi connectivity index (χ1v) is 7.87. The maximum absolute atomic E-state index is 5.68. The Morgan fingerprint density at radius 3 is 2.47 bits per heavy atom. The highest BCUT2D eigenvalue weighted by Crippen LogP contribution is 2.16. The fraction of sp³-hybridized carbons (Fsp3) is 1.00. The van der Waals surface area contributed by atoms with Crippen LogP contribution in [0.25, 0.3) is 0 Å². The summed E-state index contributed by atoms with van der Waals surface area (Å²) in [5, 5.41) is 0. The summed E-state index contributed by atoms with van der Waals surface area (Å²) >= 11 is 5.68. The molecule has 0 aromatic heterocycles. The number of nitrogens with zero attached hydrogens (tertiary/aromatic N) is 2. The summed E-state index contributed by atoms with van der Waals surface area (Å²) in [4.78, 5) is 5.25. The van der Waals surface area contributed by atoms with E-state index in [0.717, 1.165) is 11.9 Å². The predicted octanol–water partition coefficient (Wildman–Crippen LogP) is 3.20. The van der Waals surface area contributed by atoms with Gasteiger partial charge >= 0.3 is 0 Å². The van der Waals surface area contributed by atoms with Crippen molar-refractivity contribution in [2.45, 2.75) is 52.0 Å². The number of likely N-dealkylation sites (tertiary alicyclic amines) is 1. The molecule has 1 fully saturated rings. The molecule has 1 rings (SSSR count). The number of alkyl halides is 1. The Kier molecular flexibility index (Phi) is 8.25. The summed E-state index contributed by atoms with van der Waals surface area (Å²) < 4.78 is 0. The van der Waals surface area contributed by atoms with Crippen LogP contribution in [0.3, 0.4) is 0 Å². The second kappa shape index (κ2) is 9.18. The lowest BCUT2D eigenvalue weighted by Gasteiger charge is -2.26. The average Bonchev–Trinajstić information content (AvgIpc) is 2.79. The minimum atomic E-state index is 0.813. The lowest BCUT2D eigenvalue weighted by Crippen LogP contribution is -2.37. The maximum Gasteiger partial charge on any atom is 0.0235 e. The molecule has 2 nitrogen and oxygen atoms in total. The van der Waals surface area contributed by atoms with Gasteiger partial charge in [-0.3, -0.25) is 4.90 Å². The standard InChI is InChI=1S/C14H29ClN2/c1-3-17(4-2)14-9-12-16(13-14)11-8-6-5-7-10-15/h14H,3-13H2,1-2H3. The first-order chi connectivity index (χ1) is 8.31. The topological polar surface area (TPSA) is 6.48 Å². The molecule has 1 saturated heterocycles. The van der Waals surface area contributed by atoms with Crippen LogP contribution in [0.1, 0.15) is 46.0 Å². The molecule has 1 aliphatic heterocycles. The normalized spacial score (nSPS) is 21.5. The SMILES string of the molecule is CCN(CC)C1CCN(CCCCCCCl)C1. The van der Waals surface area contributed by atoms with Crippen molar-refractivity contribution in [1.29, 1.82) is 0 Å². The zero-order valence-corrected chi connectivity index (χ0v) is 12.4. The van der Waals surface area contributed by atoms with Crippen molar-refractivity contribution in [2.75, 3.05) is 38.6 Å². The van der Waals surface area contributed by atoms with Crippen LogP contribution >= 0.6 is 11.6 Å². The van der Waals surface area contributed by atoms with Crippen molar-refractivity contribution < 1.29 is 0 Å². The third-order valence-corrected chi connectivity index (χ3v) is 4.20. The molecule has 1 aliphatic rings. The van der Waals surface area contributed by atoms with Crippen molar-refractivity contribution >= 4 is 11.6 Å². The van der Waals surface area contributed by atoms with Crippen LogP contribution in [0.15, 0.2) is 0 Å². The molecule has 1 atom stereocenters. The molecular weight excluding hydrogens is 232 g/mol. The summed E-state index contributed by atoms with van der Waals surface area (Å²) in [5.74, 6) is 0.827. The second-order valence-corrected chi connectivity index (χ2v) is 5.45. The number of halogens is 1. The van der Waals surface area contributed by atoms with Gasteiger partial charge in [0.05, 0.1) is 0 Å². The molecule has 17 heavy (non-hydrogen) atoms. The molecule has 0 saturated carbocycles. The van der Waals surface area contributed by atoms with Crippen molar-refractivity contribution in [1.82, 2.24) is 9.80 Å². The minimum Gasteiger partial charge on any atom is -0.302 e. The summed E-state index contributed by atoms with van der Waals surface area (Å²) in [6.07, 6.45) is 6.55. The number of likely N-dealkylation sites (N-methyl/N-ethyl adjacent to an activating group) is 1. The third-order valence-electron chi connectivity index (χ3n) is 3.93. The Labute approximate surface area is 112 Å². The fourth-order valence-corrected chi connectivity index (χ4v) is 3.03. The molecule has 0 bridgehead atoms. The van der Waals surface area contributed by atoms with Gasteiger partial charge in [0, 0.05) is 18.5 Å². The van der Waals surface area contributed by atoms with Crippen molar-refractivity contribution in [3.8, 4) is 0 Å². The monoisotopic (exact) mass is 260 g/mol. The van der Waals surface area contributed by atoms with Crippen LogP contribution in [-0.2, 0) is 0 Å². The van der Waals surface area contributed by atoms with E-state index >= 15 is 0 Å². The highest BCUT2D eigenvalue weighted by molar-refractivity contribution is 6.17. The molecule has 0 spiro atoms. The van der Waals surface area contributed by atoms with E-state index in [-0.39, 0.29) is 0 Å². The summed E-state index contributed by atoms with van der Waals surface area (Å²) in [6.45, 7) is 10.8. The third kappa shape index (κ3) is 5.58. The van der Waals surface area contributed by atoms with Gasteiger partial charge in [-0.05, 0) is 45.4 Å². The van der Waals surface area contributed by atoms with Gasteiger partial charge < -0.3 is 4.90 Å². The quantitative estimate of drug-likeness (QED) is 0.464. The van der Waals surface area contributed by atoms with E-state index in [1.807, 2.05) is 0 Å². The molecule has 0 aromatic rings. The minimum absolute atomic E-state index is 0.813. The van der Waals surface area contributed by atoms with Crippen LogP contribution in [0.2, 0.25) is 0 Å². The number of unbranched alkanes of at least 4 members (excludes halogenated alkanes) is 3. The first-order valence-electron chi connectivity index (χ1n) is 7.34. The van der Waals surface area contributed by atoms with Gasteiger partial charge in [0.2, 0.25) is 0 Å². The van der Waals surface area contributed by atoms with Crippen LogP contribution in [0.4, 0.5) is 0 Å². The Balaban J connectivity index is 2.09. The van der Waals surface area contributed by atoms with Gasteiger partial charge in [0.15, 0.2) is 0 Å². The Morgan fingerprint density at radius 2 is 1.82 bits per heavy atom. The zero-order chi connectivity index (χ0) is 12.5. The van der Waals surface area contributed by atoms with Crippen LogP contribution in [-0.4, -0.2) is 54.4 Å². The number of rotatable bonds is 9. The molecule has 0 amide bonds. The van der Waals surface area contributed by atoms with E-state index in [1.165, 1.54) is 64.8 Å². The van der Waals surface area contributed by atoms with Gasteiger partial charge in [-0.25, -0.2) is 0 Å². The van der Waals surface area contributed by atoms with E-state index < -0.39 is 0 Å². The van der Waals surface area contributed by atoms with E-state index in [9.17, 15) is 0 Å².